The average Bonchev–Trinajstić information content (AvgIpc) is 2.39. The van der Waals surface area contributed by atoms with Gasteiger partial charge >= 0.3 is 5.97 Å². The quantitative estimate of drug-likeness (QED) is 0.773. The molecule has 5 heteroatoms. The fourth-order valence-electron chi connectivity index (χ4n) is 2.14. The largest absolute Gasteiger partial charge is 0.478 e. The summed E-state index contributed by atoms with van der Waals surface area (Å²) in [6.45, 7) is 4.54. The van der Waals surface area contributed by atoms with Gasteiger partial charge in [0.2, 0.25) is 0 Å². The van der Waals surface area contributed by atoms with E-state index < -0.39 is 5.97 Å². The van der Waals surface area contributed by atoms with Crippen LogP contribution in [0.25, 0.3) is 0 Å². The van der Waals surface area contributed by atoms with Gasteiger partial charge in [-0.25, -0.2) is 4.79 Å². The molecule has 0 fully saturated rings. The number of aromatic carboxylic acids is 1. The van der Waals surface area contributed by atoms with Gasteiger partial charge in [-0.1, -0.05) is 13.8 Å². The lowest BCUT2D eigenvalue weighted by Crippen LogP contribution is -2.37. The molecule has 0 unspecified atom stereocenters. The average molecular weight is 252 g/mol. The number of carbonyl (C=O) groups is 1. The second-order valence-corrected chi connectivity index (χ2v) is 4.09. The molecule has 0 atom stereocenters. The molecule has 2 N–H and O–H groups in total. The summed E-state index contributed by atoms with van der Waals surface area (Å²) in [5, 5.41) is 18.3. The number of anilines is 1. The van der Waals surface area contributed by atoms with Crippen molar-refractivity contribution in [3.63, 3.8) is 0 Å². The molecular formula is C13H20N2O3. The molecule has 1 aromatic heterocycles. The number of hydrogen-bond acceptors (Lipinski definition) is 4. The minimum Gasteiger partial charge on any atom is -0.478 e. The van der Waals surface area contributed by atoms with Gasteiger partial charge in [-0.15, -0.1) is 0 Å². The molecule has 18 heavy (non-hydrogen) atoms. The lowest BCUT2D eigenvalue weighted by atomic mass is 10.1. The molecule has 0 saturated heterocycles. The van der Waals surface area contributed by atoms with Gasteiger partial charge in [0.05, 0.1) is 12.3 Å². The van der Waals surface area contributed by atoms with Crippen molar-refractivity contribution >= 4 is 11.7 Å². The van der Waals surface area contributed by atoms with Crippen LogP contribution in [0.5, 0.6) is 0 Å². The summed E-state index contributed by atoms with van der Waals surface area (Å²) in [6.07, 6.45) is 4.73. The highest BCUT2D eigenvalue weighted by Crippen LogP contribution is 2.23. The molecule has 0 aliphatic rings. The van der Waals surface area contributed by atoms with E-state index in [9.17, 15) is 9.90 Å². The van der Waals surface area contributed by atoms with Crippen molar-refractivity contribution in [1.29, 1.82) is 0 Å². The number of aliphatic hydroxyl groups excluding tert-OH is 1. The van der Waals surface area contributed by atoms with Crippen molar-refractivity contribution in [3.05, 3.63) is 24.0 Å². The molecule has 100 valence electrons. The molecule has 0 aliphatic carbocycles. The number of aliphatic hydroxyl groups is 1. The zero-order valence-electron chi connectivity index (χ0n) is 10.8. The maximum Gasteiger partial charge on any atom is 0.339 e. The van der Waals surface area contributed by atoms with Crippen molar-refractivity contribution in [1.82, 2.24) is 4.98 Å². The lowest BCUT2D eigenvalue weighted by Gasteiger charge is -2.32. The fourth-order valence-corrected chi connectivity index (χ4v) is 2.14. The minimum absolute atomic E-state index is 0.00210. The van der Waals surface area contributed by atoms with Crippen molar-refractivity contribution in [2.75, 3.05) is 18.1 Å². The molecule has 0 amide bonds. The van der Waals surface area contributed by atoms with Gasteiger partial charge in [-0.05, 0) is 18.9 Å². The summed E-state index contributed by atoms with van der Waals surface area (Å²) in [5.41, 5.74) is 0.804. The van der Waals surface area contributed by atoms with E-state index in [-0.39, 0.29) is 18.2 Å². The number of pyridine rings is 1. The predicted octanol–water partition coefficient (Wildman–Crippen LogP) is 1.77. The number of rotatable bonds is 7. The number of carboxylic acids is 1. The SMILES string of the molecule is CCC(CC)N(CCO)c1ccncc1C(=O)O. The molecule has 1 aromatic rings. The summed E-state index contributed by atoms with van der Waals surface area (Å²) >= 11 is 0. The van der Waals surface area contributed by atoms with Gasteiger partial charge in [0.15, 0.2) is 0 Å². The monoisotopic (exact) mass is 252 g/mol. The van der Waals surface area contributed by atoms with E-state index in [1.54, 1.807) is 12.3 Å². The fraction of sp³-hybridized carbons (Fsp3) is 0.538. The highest BCUT2D eigenvalue weighted by molar-refractivity contribution is 5.94. The van der Waals surface area contributed by atoms with Crippen molar-refractivity contribution in [3.8, 4) is 0 Å². The van der Waals surface area contributed by atoms with Crippen LogP contribution in [0.4, 0.5) is 5.69 Å². The first-order valence-electron chi connectivity index (χ1n) is 6.20. The zero-order valence-corrected chi connectivity index (χ0v) is 10.8. The Hall–Kier alpha value is -1.62. The van der Waals surface area contributed by atoms with E-state index >= 15 is 0 Å². The summed E-state index contributed by atoms with van der Waals surface area (Å²) in [7, 11) is 0. The Labute approximate surface area is 107 Å². The third kappa shape index (κ3) is 3.20. The Morgan fingerprint density at radius 3 is 2.61 bits per heavy atom. The van der Waals surface area contributed by atoms with Crippen LogP contribution in [-0.4, -0.2) is 40.4 Å². The van der Waals surface area contributed by atoms with Crippen LogP contribution in [0.15, 0.2) is 18.5 Å². The molecule has 5 nitrogen and oxygen atoms in total. The van der Waals surface area contributed by atoms with Crippen molar-refractivity contribution in [2.24, 2.45) is 0 Å². The standard InChI is InChI=1S/C13H20N2O3/c1-3-10(4-2)15(7-8-16)12-5-6-14-9-11(12)13(17)18/h5-6,9-10,16H,3-4,7-8H2,1-2H3,(H,17,18). The maximum atomic E-state index is 11.2. The van der Waals surface area contributed by atoms with Crippen LogP contribution in [0, 0.1) is 0 Å². The third-order valence-corrected chi connectivity index (χ3v) is 3.06. The van der Waals surface area contributed by atoms with E-state index in [1.165, 1.54) is 6.20 Å². The molecule has 0 aliphatic heterocycles. The number of hydrogen-bond donors (Lipinski definition) is 2. The molecule has 0 radical (unpaired) electrons. The Morgan fingerprint density at radius 2 is 2.11 bits per heavy atom. The van der Waals surface area contributed by atoms with Gasteiger partial charge in [-0.3, -0.25) is 4.98 Å². The van der Waals surface area contributed by atoms with E-state index in [4.69, 9.17) is 5.11 Å². The van der Waals surface area contributed by atoms with E-state index in [2.05, 4.69) is 18.8 Å². The normalized spacial score (nSPS) is 10.7. The molecule has 0 aromatic carbocycles. The molecule has 0 spiro atoms. The first-order chi connectivity index (χ1) is 8.65. The number of carboxylic acid groups (broad SMARTS) is 1. The van der Waals surface area contributed by atoms with Crippen LogP contribution in [0.3, 0.4) is 0 Å². The summed E-state index contributed by atoms with van der Waals surface area (Å²) in [6, 6.07) is 1.91. The minimum atomic E-state index is -0.994. The third-order valence-electron chi connectivity index (χ3n) is 3.06. The zero-order chi connectivity index (χ0) is 13.5. The van der Waals surface area contributed by atoms with Gasteiger partial charge in [0.1, 0.15) is 5.56 Å². The first-order valence-corrected chi connectivity index (χ1v) is 6.20. The Bertz CT molecular complexity index is 392. The van der Waals surface area contributed by atoms with Crippen LogP contribution in [0.2, 0.25) is 0 Å². The first kappa shape index (κ1) is 14.4. The van der Waals surface area contributed by atoms with E-state index in [0.717, 1.165) is 12.8 Å². The Kier molecular flexibility index (Phi) is 5.58. The van der Waals surface area contributed by atoms with Crippen LogP contribution in [-0.2, 0) is 0 Å². The highest BCUT2D eigenvalue weighted by Gasteiger charge is 2.20. The van der Waals surface area contributed by atoms with Gasteiger partial charge in [-0.2, -0.15) is 0 Å². The highest BCUT2D eigenvalue weighted by atomic mass is 16.4. The maximum absolute atomic E-state index is 11.2. The molecule has 1 heterocycles. The number of nitrogens with zero attached hydrogens (tertiary/aromatic N) is 2. The lowest BCUT2D eigenvalue weighted by molar-refractivity contribution is 0.0697. The van der Waals surface area contributed by atoms with E-state index in [0.29, 0.717) is 12.2 Å². The van der Waals surface area contributed by atoms with Gasteiger partial charge in [0, 0.05) is 25.0 Å². The second-order valence-electron chi connectivity index (χ2n) is 4.09. The Morgan fingerprint density at radius 1 is 1.44 bits per heavy atom. The van der Waals surface area contributed by atoms with Gasteiger partial charge < -0.3 is 15.1 Å². The Balaban J connectivity index is 3.16. The predicted molar refractivity (Wildman–Crippen MR) is 70.0 cm³/mol. The smallest absolute Gasteiger partial charge is 0.339 e. The van der Waals surface area contributed by atoms with Crippen LogP contribution < -0.4 is 4.90 Å². The van der Waals surface area contributed by atoms with Crippen molar-refractivity contribution in [2.45, 2.75) is 32.7 Å². The molecule has 1 rings (SSSR count). The second kappa shape index (κ2) is 6.96. The molecular weight excluding hydrogens is 232 g/mol. The van der Waals surface area contributed by atoms with Crippen LogP contribution >= 0.6 is 0 Å². The summed E-state index contributed by atoms with van der Waals surface area (Å²) in [4.78, 5) is 17.0. The number of aromatic nitrogens is 1. The molecule has 0 bridgehead atoms. The summed E-state index contributed by atoms with van der Waals surface area (Å²) < 4.78 is 0. The summed E-state index contributed by atoms with van der Waals surface area (Å²) in [5.74, 6) is -0.994. The van der Waals surface area contributed by atoms with E-state index in [1.807, 2.05) is 4.90 Å². The molecule has 0 saturated carbocycles. The van der Waals surface area contributed by atoms with Crippen LogP contribution in [0.1, 0.15) is 37.0 Å². The van der Waals surface area contributed by atoms with Gasteiger partial charge in [0.25, 0.3) is 0 Å². The topological polar surface area (TPSA) is 73.7 Å². The van der Waals surface area contributed by atoms with Crippen molar-refractivity contribution < 1.29 is 15.0 Å².